The zero-order valence-corrected chi connectivity index (χ0v) is 13.4. The number of rotatable bonds is 1. The number of hydrogen-bond donors (Lipinski definition) is 1. The molecule has 2 aliphatic heterocycles. The van der Waals surface area contributed by atoms with Crippen LogP contribution in [0.3, 0.4) is 0 Å². The second-order valence-corrected chi connectivity index (χ2v) is 6.67. The number of likely N-dealkylation sites (tertiary alicyclic amines) is 1. The summed E-state index contributed by atoms with van der Waals surface area (Å²) >= 11 is 0.806. The average molecular weight is 369 g/mol. The Balaban J connectivity index is 2.10. The number of carboxylic acid groups (broad SMARTS) is 1. The lowest BCUT2D eigenvalue weighted by Crippen LogP contribution is -2.29. The van der Waals surface area contributed by atoms with Crippen LogP contribution in [0.5, 0.6) is 0 Å². The summed E-state index contributed by atoms with van der Waals surface area (Å²) in [4.78, 5) is 25.1. The van der Waals surface area contributed by atoms with Gasteiger partial charge in [0.25, 0.3) is 0 Å². The fourth-order valence-electron chi connectivity index (χ4n) is 3.00. The highest BCUT2D eigenvalue weighted by atomic mass is 32.2. The van der Waals surface area contributed by atoms with Gasteiger partial charge in [0, 0.05) is 19.3 Å². The average Bonchev–Trinajstić information content (AvgIpc) is 3.12. The van der Waals surface area contributed by atoms with E-state index in [2.05, 4.69) is 5.10 Å². The van der Waals surface area contributed by atoms with Crippen molar-refractivity contribution in [2.45, 2.75) is 17.7 Å². The molecular formula is C15H10F3N3O3S. The van der Waals surface area contributed by atoms with Crippen molar-refractivity contribution in [3.8, 4) is 0 Å². The van der Waals surface area contributed by atoms with Crippen LogP contribution in [0.15, 0.2) is 21.0 Å². The van der Waals surface area contributed by atoms with E-state index in [1.807, 2.05) is 4.90 Å². The topological polar surface area (TPSA) is 74.9 Å². The summed E-state index contributed by atoms with van der Waals surface area (Å²) in [5.74, 6) is -6.53. The third-order valence-corrected chi connectivity index (χ3v) is 5.30. The van der Waals surface area contributed by atoms with Gasteiger partial charge in [-0.05, 0) is 24.6 Å². The minimum Gasteiger partial charge on any atom is -0.477 e. The second-order valence-electron chi connectivity index (χ2n) is 5.70. The quantitative estimate of drug-likeness (QED) is 0.782. The van der Waals surface area contributed by atoms with Gasteiger partial charge in [-0.2, -0.15) is 0 Å². The van der Waals surface area contributed by atoms with Crippen LogP contribution in [0, 0.1) is 17.5 Å². The lowest BCUT2D eigenvalue weighted by molar-refractivity contribution is 0.0695. The molecule has 2 aromatic rings. The highest BCUT2D eigenvalue weighted by Crippen LogP contribution is 2.38. The molecule has 0 radical (unpaired) electrons. The summed E-state index contributed by atoms with van der Waals surface area (Å²) in [6.07, 6.45) is 2.72. The SMILES string of the molecule is O=C(O)c1cn2c3c(c(F)c(F)c(F)c3c1=O)SC(N1CCCC1)=N2. The number of aromatic nitrogens is 1. The van der Waals surface area contributed by atoms with Gasteiger partial charge in [-0.15, -0.1) is 5.10 Å². The molecule has 1 aromatic carbocycles. The van der Waals surface area contributed by atoms with E-state index in [1.54, 1.807) is 0 Å². The fraction of sp³-hybridized carbons (Fsp3) is 0.267. The highest BCUT2D eigenvalue weighted by molar-refractivity contribution is 8.14. The molecule has 25 heavy (non-hydrogen) atoms. The van der Waals surface area contributed by atoms with Crippen molar-refractivity contribution in [3.63, 3.8) is 0 Å². The van der Waals surface area contributed by atoms with Crippen molar-refractivity contribution in [2.24, 2.45) is 5.10 Å². The largest absolute Gasteiger partial charge is 0.477 e. The summed E-state index contributed by atoms with van der Waals surface area (Å²) in [6, 6.07) is 0. The van der Waals surface area contributed by atoms with E-state index in [-0.39, 0.29) is 10.4 Å². The number of carboxylic acids is 1. The molecule has 130 valence electrons. The summed E-state index contributed by atoms with van der Waals surface area (Å²) in [7, 11) is 0. The van der Waals surface area contributed by atoms with Crippen molar-refractivity contribution in [2.75, 3.05) is 13.1 Å². The number of nitrogens with zero attached hydrogens (tertiary/aromatic N) is 3. The van der Waals surface area contributed by atoms with Crippen LogP contribution in [0.2, 0.25) is 0 Å². The zero-order chi connectivity index (χ0) is 17.9. The third kappa shape index (κ3) is 2.24. The smallest absolute Gasteiger partial charge is 0.341 e. The first-order valence-electron chi connectivity index (χ1n) is 7.41. The molecule has 1 saturated heterocycles. The van der Waals surface area contributed by atoms with Crippen LogP contribution < -0.4 is 5.43 Å². The summed E-state index contributed by atoms with van der Waals surface area (Å²) in [6.45, 7) is 1.34. The number of pyridine rings is 1. The minimum absolute atomic E-state index is 0.264. The standard InChI is InChI=1S/C15H10F3N3O3S/c16-8-7-11-13(10(18)9(8)17)25-15(20-3-1-2-4-20)19-21(11)5-6(12(7)22)14(23)24/h5H,1-4H2,(H,23,24). The van der Waals surface area contributed by atoms with Crippen molar-refractivity contribution < 1.29 is 23.1 Å². The van der Waals surface area contributed by atoms with Crippen molar-refractivity contribution in [1.29, 1.82) is 0 Å². The number of thioether (sulfide) groups is 1. The second kappa shape index (κ2) is 5.51. The lowest BCUT2D eigenvalue weighted by Gasteiger charge is -2.25. The Morgan fingerprint density at radius 2 is 1.84 bits per heavy atom. The number of benzene rings is 1. The number of aromatic carboxylic acids is 1. The maximum Gasteiger partial charge on any atom is 0.341 e. The summed E-state index contributed by atoms with van der Waals surface area (Å²) in [5.41, 5.74) is -2.24. The predicted molar refractivity (Wildman–Crippen MR) is 84.5 cm³/mol. The molecule has 0 amide bonds. The van der Waals surface area contributed by atoms with Gasteiger partial charge in [-0.3, -0.25) is 4.79 Å². The van der Waals surface area contributed by atoms with Gasteiger partial charge in [0.15, 0.2) is 22.6 Å². The normalized spacial score (nSPS) is 16.4. The molecule has 10 heteroatoms. The molecule has 1 N–H and O–H groups in total. The molecule has 6 nitrogen and oxygen atoms in total. The molecule has 2 aliphatic rings. The van der Waals surface area contributed by atoms with Crippen LogP contribution in [-0.2, 0) is 0 Å². The molecule has 0 atom stereocenters. The number of hydrogen-bond acceptors (Lipinski definition) is 5. The summed E-state index contributed by atoms with van der Waals surface area (Å²) < 4.78 is 43.4. The van der Waals surface area contributed by atoms with Gasteiger partial charge in [0.2, 0.25) is 5.43 Å². The molecule has 0 saturated carbocycles. The van der Waals surface area contributed by atoms with E-state index in [9.17, 15) is 22.8 Å². The first-order valence-corrected chi connectivity index (χ1v) is 8.22. The zero-order valence-electron chi connectivity index (χ0n) is 12.6. The van der Waals surface area contributed by atoms with E-state index in [0.717, 1.165) is 35.5 Å². The highest BCUT2D eigenvalue weighted by Gasteiger charge is 2.32. The maximum absolute atomic E-state index is 14.3. The van der Waals surface area contributed by atoms with E-state index in [4.69, 9.17) is 5.11 Å². The fourth-order valence-corrected chi connectivity index (χ4v) is 4.09. The predicted octanol–water partition coefficient (Wildman–Crippen LogP) is 2.44. The van der Waals surface area contributed by atoms with E-state index in [1.165, 1.54) is 0 Å². The first kappa shape index (κ1) is 16.0. The maximum atomic E-state index is 14.3. The Morgan fingerprint density at radius 3 is 2.48 bits per heavy atom. The van der Waals surface area contributed by atoms with Gasteiger partial charge >= 0.3 is 5.97 Å². The molecule has 3 heterocycles. The molecule has 0 aliphatic carbocycles. The van der Waals surface area contributed by atoms with Crippen LogP contribution in [-0.4, -0.2) is 38.9 Å². The molecule has 0 spiro atoms. The molecule has 0 unspecified atom stereocenters. The number of halogens is 3. The Bertz CT molecular complexity index is 1030. The lowest BCUT2D eigenvalue weighted by atomic mass is 10.1. The monoisotopic (exact) mass is 369 g/mol. The van der Waals surface area contributed by atoms with Crippen LogP contribution in [0.4, 0.5) is 13.2 Å². The van der Waals surface area contributed by atoms with Crippen molar-refractivity contribution >= 4 is 33.8 Å². The Morgan fingerprint density at radius 1 is 1.16 bits per heavy atom. The molecule has 1 fully saturated rings. The first-order chi connectivity index (χ1) is 11.9. The molecular weight excluding hydrogens is 359 g/mol. The number of amidine groups is 1. The molecule has 4 rings (SSSR count). The van der Waals surface area contributed by atoms with E-state index >= 15 is 0 Å². The van der Waals surface area contributed by atoms with Crippen LogP contribution >= 0.6 is 11.8 Å². The van der Waals surface area contributed by atoms with Crippen molar-refractivity contribution in [1.82, 2.24) is 9.58 Å². The number of carbonyl (C=O) groups is 1. The molecule has 0 bridgehead atoms. The Labute approximate surface area is 142 Å². The van der Waals surface area contributed by atoms with Crippen LogP contribution in [0.25, 0.3) is 10.9 Å². The third-order valence-electron chi connectivity index (χ3n) is 4.20. The Kier molecular flexibility index (Phi) is 3.53. The van der Waals surface area contributed by atoms with E-state index < -0.39 is 39.8 Å². The van der Waals surface area contributed by atoms with Crippen LogP contribution in [0.1, 0.15) is 23.2 Å². The molecule has 1 aromatic heterocycles. The van der Waals surface area contributed by atoms with Gasteiger partial charge in [-0.25, -0.2) is 22.6 Å². The summed E-state index contributed by atoms with van der Waals surface area (Å²) in [5, 5.41) is 12.9. The van der Waals surface area contributed by atoms with Gasteiger partial charge < -0.3 is 10.0 Å². The minimum atomic E-state index is -1.80. The van der Waals surface area contributed by atoms with Gasteiger partial charge in [0.05, 0.1) is 15.8 Å². The van der Waals surface area contributed by atoms with E-state index in [0.29, 0.717) is 18.3 Å². The van der Waals surface area contributed by atoms with Gasteiger partial charge in [0.1, 0.15) is 5.56 Å². The van der Waals surface area contributed by atoms with Crippen molar-refractivity contribution in [3.05, 3.63) is 39.4 Å². The van der Waals surface area contributed by atoms with Gasteiger partial charge in [-0.1, -0.05) is 0 Å². The Hall–Kier alpha value is -2.49.